The fourth-order valence-corrected chi connectivity index (χ4v) is 3.29. The molecule has 3 heterocycles. The van der Waals surface area contributed by atoms with E-state index < -0.39 is 29.6 Å². The molecule has 0 bridgehead atoms. The largest absolute Gasteiger partial charge is 0.458 e. The number of rotatable bonds is 5. The molecule has 0 aliphatic rings. The van der Waals surface area contributed by atoms with E-state index in [9.17, 15) is 31.1 Å². The second-order valence-electron chi connectivity index (χ2n) is 7.45. The molecule has 0 spiro atoms. The Morgan fingerprint density at radius 2 is 1.75 bits per heavy atom. The molecule has 4 rings (SSSR count). The molecule has 3 aromatic heterocycles. The average molecular weight is 507 g/mol. The van der Waals surface area contributed by atoms with Crippen molar-refractivity contribution in [3.63, 3.8) is 0 Å². The number of pyridine rings is 2. The number of hydrogen-bond acceptors (Lipinski definition) is 7. The van der Waals surface area contributed by atoms with Gasteiger partial charge in [0.25, 0.3) is 0 Å². The minimum atomic E-state index is -4.65. The summed E-state index contributed by atoms with van der Waals surface area (Å²) in [6.07, 6.45) is -7.08. The summed E-state index contributed by atoms with van der Waals surface area (Å²) in [5.74, 6) is -0.487. The van der Waals surface area contributed by atoms with E-state index in [2.05, 4.69) is 25.3 Å². The summed E-state index contributed by atoms with van der Waals surface area (Å²) < 4.78 is 83.9. The van der Waals surface area contributed by atoms with Crippen LogP contribution in [0.25, 0.3) is 22.2 Å². The van der Waals surface area contributed by atoms with Crippen LogP contribution in [0.5, 0.6) is 0 Å². The van der Waals surface area contributed by atoms with Crippen molar-refractivity contribution in [2.75, 3.05) is 5.32 Å². The molecule has 4 aromatic rings. The zero-order valence-electron chi connectivity index (χ0n) is 18.3. The number of anilines is 2. The predicted molar refractivity (Wildman–Crippen MR) is 116 cm³/mol. The highest BCUT2D eigenvalue weighted by atomic mass is 19.4. The molecule has 13 heteroatoms. The summed E-state index contributed by atoms with van der Waals surface area (Å²) in [5.41, 5.74) is -1.87. The zero-order valence-corrected chi connectivity index (χ0v) is 18.3. The van der Waals surface area contributed by atoms with Gasteiger partial charge in [-0.2, -0.15) is 26.3 Å². The molecule has 0 saturated carbocycles. The highest BCUT2D eigenvalue weighted by Crippen LogP contribution is 2.37. The number of esters is 1. The summed E-state index contributed by atoms with van der Waals surface area (Å²) in [4.78, 5) is 27.0. The number of ether oxygens (including phenoxy) is 1. The first-order chi connectivity index (χ1) is 16.9. The first-order valence-corrected chi connectivity index (χ1v) is 10.2. The number of carbonyl (C=O) groups excluding carboxylic acids is 1. The maximum absolute atomic E-state index is 13.5. The number of nitrogens with one attached hydrogen (secondary N) is 1. The van der Waals surface area contributed by atoms with Gasteiger partial charge in [-0.1, -0.05) is 6.07 Å². The molecule has 7 nitrogen and oxygen atoms in total. The molecule has 0 saturated heterocycles. The average Bonchev–Trinajstić information content (AvgIpc) is 2.81. The summed E-state index contributed by atoms with van der Waals surface area (Å²) in [5, 5.41) is 3.17. The molecule has 0 atom stereocenters. The van der Waals surface area contributed by atoms with Crippen LogP contribution in [0.1, 0.15) is 24.0 Å². The lowest BCUT2D eigenvalue weighted by Gasteiger charge is -2.14. The fourth-order valence-electron chi connectivity index (χ4n) is 3.29. The van der Waals surface area contributed by atoms with Gasteiger partial charge >= 0.3 is 18.3 Å². The Balaban J connectivity index is 1.79. The van der Waals surface area contributed by atoms with Crippen molar-refractivity contribution in [1.29, 1.82) is 0 Å². The van der Waals surface area contributed by atoms with E-state index in [4.69, 9.17) is 4.74 Å². The van der Waals surface area contributed by atoms with Crippen LogP contribution in [0.15, 0.2) is 54.9 Å². The first kappa shape index (κ1) is 24.8. The number of halogens is 6. The lowest BCUT2D eigenvalue weighted by Crippen LogP contribution is -2.09. The number of nitrogens with zero attached hydrogens (tertiary/aromatic N) is 4. The number of hydrogen-bond donors (Lipinski definition) is 1. The van der Waals surface area contributed by atoms with Crippen LogP contribution in [-0.2, 0) is 28.5 Å². The minimum absolute atomic E-state index is 0.00860. The van der Waals surface area contributed by atoms with Gasteiger partial charge in [0.05, 0.1) is 28.7 Å². The number of fused-ring (bicyclic) bond motifs is 1. The Kier molecular flexibility index (Phi) is 6.48. The van der Waals surface area contributed by atoms with Crippen molar-refractivity contribution in [3.05, 3.63) is 71.9 Å². The molecule has 1 aromatic carbocycles. The molecular weight excluding hydrogens is 492 g/mol. The molecule has 0 amide bonds. The van der Waals surface area contributed by atoms with Crippen LogP contribution in [-0.4, -0.2) is 25.9 Å². The molecule has 0 aliphatic carbocycles. The van der Waals surface area contributed by atoms with Gasteiger partial charge in [-0.05, 0) is 36.4 Å². The van der Waals surface area contributed by atoms with E-state index in [1.807, 2.05) is 0 Å². The topological polar surface area (TPSA) is 89.9 Å². The zero-order chi connectivity index (χ0) is 26.1. The summed E-state index contributed by atoms with van der Waals surface area (Å²) in [6.45, 7) is 0.832. The van der Waals surface area contributed by atoms with E-state index in [0.717, 1.165) is 24.4 Å². The number of alkyl halides is 6. The minimum Gasteiger partial charge on any atom is -0.458 e. The van der Waals surface area contributed by atoms with Gasteiger partial charge in [0, 0.05) is 24.1 Å². The van der Waals surface area contributed by atoms with Gasteiger partial charge in [-0.3, -0.25) is 9.78 Å². The van der Waals surface area contributed by atoms with Crippen molar-refractivity contribution in [1.82, 2.24) is 19.9 Å². The normalized spacial score (nSPS) is 12.0. The van der Waals surface area contributed by atoms with E-state index in [1.54, 1.807) is 0 Å². The monoisotopic (exact) mass is 507 g/mol. The molecule has 0 unspecified atom stereocenters. The second kappa shape index (κ2) is 9.40. The van der Waals surface area contributed by atoms with Crippen molar-refractivity contribution in [2.45, 2.75) is 25.9 Å². The standard InChI is InChI=1S/C23H15F6N5O2/c1-12(35)36-11-19-33-17-9-13(20-16(22(24,25)26)3-2-8-30-20)4-6-15(17)21(34-19)32-14-5-7-18(31-10-14)23(27,28)29/h2-10H,11H2,1H3,(H,32,33,34). The number of aromatic nitrogens is 4. The third-order valence-corrected chi connectivity index (χ3v) is 4.85. The van der Waals surface area contributed by atoms with E-state index >= 15 is 0 Å². The third-order valence-electron chi connectivity index (χ3n) is 4.85. The fraction of sp³-hybridized carbons (Fsp3) is 0.174. The first-order valence-electron chi connectivity index (χ1n) is 10.2. The van der Waals surface area contributed by atoms with Crippen molar-refractivity contribution in [3.8, 4) is 11.3 Å². The molecular formula is C23H15F6N5O2. The molecule has 1 N–H and O–H groups in total. The maximum Gasteiger partial charge on any atom is 0.433 e. The number of carbonyl (C=O) groups is 1. The Hall–Kier alpha value is -4.29. The van der Waals surface area contributed by atoms with Gasteiger partial charge in [0.15, 0.2) is 12.4 Å². The summed E-state index contributed by atoms with van der Waals surface area (Å²) in [7, 11) is 0. The van der Waals surface area contributed by atoms with E-state index in [-0.39, 0.29) is 40.7 Å². The summed E-state index contributed by atoms with van der Waals surface area (Å²) in [6, 6.07) is 8.22. The third kappa shape index (κ3) is 5.50. The van der Waals surface area contributed by atoms with Crippen LogP contribution in [0.3, 0.4) is 0 Å². The molecule has 0 radical (unpaired) electrons. The van der Waals surface area contributed by atoms with Gasteiger partial charge in [-0.25, -0.2) is 15.0 Å². The molecule has 0 aliphatic heterocycles. The maximum atomic E-state index is 13.5. The quantitative estimate of drug-likeness (QED) is 0.265. The van der Waals surface area contributed by atoms with Crippen molar-refractivity contribution in [2.24, 2.45) is 0 Å². The van der Waals surface area contributed by atoms with Gasteiger partial charge in [0.1, 0.15) is 11.5 Å². The summed E-state index contributed by atoms with van der Waals surface area (Å²) >= 11 is 0. The van der Waals surface area contributed by atoms with E-state index in [1.165, 1.54) is 37.4 Å². The van der Waals surface area contributed by atoms with E-state index in [0.29, 0.717) is 5.39 Å². The predicted octanol–water partition coefficient (Wildman–Crippen LogP) is 5.93. The SMILES string of the molecule is CC(=O)OCc1nc(Nc2ccc(C(F)(F)F)nc2)c2ccc(-c3ncccc3C(F)(F)F)cc2n1. The number of benzene rings is 1. The van der Waals surface area contributed by atoms with Gasteiger partial charge < -0.3 is 10.1 Å². The second-order valence-corrected chi connectivity index (χ2v) is 7.45. The van der Waals surface area contributed by atoms with Crippen LogP contribution in [0.2, 0.25) is 0 Å². The highest BCUT2D eigenvalue weighted by molar-refractivity contribution is 5.93. The molecule has 36 heavy (non-hydrogen) atoms. The van der Waals surface area contributed by atoms with Crippen LogP contribution >= 0.6 is 0 Å². The molecule has 0 fully saturated rings. The Morgan fingerprint density at radius 1 is 0.972 bits per heavy atom. The van der Waals surface area contributed by atoms with Gasteiger partial charge in [-0.15, -0.1) is 0 Å². The smallest absolute Gasteiger partial charge is 0.433 e. The van der Waals surface area contributed by atoms with Crippen LogP contribution in [0, 0.1) is 0 Å². The lowest BCUT2D eigenvalue weighted by atomic mass is 10.0. The van der Waals surface area contributed by atoms with Crippen molar-refractivity contribution >= 4 is 28.4 Å². The van der Waals surface area contributed by atoms with Crippen LogP contribution in [0.4, 0.5) is 37.8 Å². The van der Waals surface area contributed by atoms with Crippen LogP contribution < -0.4 is 5.32 Å². The Morgan fingerprint density at radius 3 is 2.39 bits per heavy atom. The highest BCUT2D eigenvalue weighted by Gasteiger charge is 2.34. The Labute approximate surface area is 199 Å². The van der Waals surface area contributed by atoms with Gasteiger partial charge in [0.2, 0.25) is 0 Å². The lowest BCUT2D eigenvalue weighted by molar-refractivity contribution is -0.142. The van der Waals surface area contributed by atoms with Crippen molar-refractivity contribution < 1.29 is 35.9 Å². The Bertz CT molecular complexity index is 1420. The molecule has 186 valence electrons.